The number of hydrogen-bond acceptors (Lipinski definition) is 4. The molecule has 2 rings (SSSR count). The second kappa shape index (κ2) is 9.97. The zero-order valence-electron chi connectivity index (χ0n) is 12.9. The van der Waals surface area contributed by atoms with Crippen LogP contribution in [0, 0.1) is 6.92 Å². The Morgan fingerprint density at radius 2 is 2.10 bits per heavy atom. The fourth-order valence-corrected chi connectivity index (χ4v) is 2.52. The zero-order chi connectivity index (χ0) is 14.2. The highest BCUT2D eigenvalue weighted by Gasteiger charge is 2.14. The van der Waals surface area contributed by atoms with E-state index in [9.17, 15) is 0 Å². The van der Waals surface area contributed by atoms with E-state index in [2.05, 4.69) is 25.8 Å². The Morgan fingerprint density at radius 1 is 1.33 bits per heavy atom. The second-order valence-corrected chi connectivity index (χ2v) is 5.32. The van der Waals surface area contributed by atoms with Gasteiger partial charge in [0.25, 0.3) is 0 Å². The topological polar surface area (TPSA) is 75.3 Å². The first-order chi connectivity index (χ1) is 9.78. The average molecular weight is 407 g/mol. The normalized spacial score (nSPS) is 16.4. The molecule has 1 fully saturated rings. The maximum atomic E-state index is 5.08. The van der Waals surface area contributed by atoms with Gasteiger partial charge in [-0.15, -0.1) is 24.0 Å². The number of nitrogens with one attached hydrogen (secondary N) is 2. The van der Waals surface area contributed by atoms with Gasteiger partial charge in [-0.05, 0) is 26.2 Å². The summed E-state index contributed by atoms with van der Waals surface area (Å²) in [7, 11) is 1.82. The molecule has 21 heavy (non-hydrogen) atoms. The van der Waals surface area contributed by atoms with Gasteiger partial charge in [0.1, 0.15) is 0 Å². The monoisotopic (exact) mass is 407 g/mol. The summed E-state index contributed by atoms with van der Waals surface area (Å²) < 4.78 is 5.08. The van der Waals surface area contributed by atoms with Gasteiger partial charge in [0.05, 0.1) is 0 Å². The van der Waals surface area contributed by atoms with Crippen LogP contribution in [0.15, 0.2) is 9.52 Å². The molecule has 1 heterocycles. The van der Waals surface area contributed by atoms with E-state index < -0.39 is 0 Å². The van der Waals surface area contributed by atoms with Crippen LogP contribution in [0.5, 0.6) is 0 Å². The number of aryl methyl sites for hydroxylation is 2. The molecule has 1 aliphatic rings. The summed E-state index contributed by atoms with van der Waals surface area (Å²) in [6, 6.07) is 0.577. The Bertz CT molecular complexity index is 429. The molecule has 120 valence electrons. The Morgan fingerprint density at radius 3 is 2.71 bits per heavy atom. The Hall–Kier alpha value is -0.860. The molecular formula is C14H26IN5O. The third-order valence-electron chi connectivity index (χ3n) is 3.60. The van der Waals surface area contributed by atoms with Crippen LogP contribution in [0.2, 0.25) is 0 Å². The predicted octanol–water partition coefficient (Wildman–Crippen LogP) is 2.43. The van der Waals surface area contributed by atoms with Crippen LogP contribution in [0.1, 0.15) is 50.2 Å². The number of aromatic nitrogens is 2. The van der Waals surface area contributed by atoms with Gasteiger partial charge in [0.2, 0.25) is 5.89 Å². The molecule has 6 nitrogen and oxygen atoms in total. The van der Waals surface area contributed by atoms with Crippen LogP contribution >= 0.6 is 24.0 Å². The molecule has 0 unspecified atom stereocenters. The standard InChI is InChI=1S/C14H25N5O.HI/c1-11-17-13(20-19-11)9-6-10-16-14(15-2)18-12-7-4-3-5-8-12;/h12H,3-10H2,1-2H3,(H2,15,16,18);1H. The Labute approximate surface area is 143 Å². The molecular weight excluding hydrogens is 381 g/mol. The molecule has 0 atom stereocenters. The molecule has 2 N–H and O–H groups in total. The quantitative estimate of drug-likeness (QED) is 0.340. The largest absolute Gasteiger partial charge is 0.356 e. The van der Waals surface area contributed by atoms with Gasteiger partial charge in [0, 0.05) is 26.1 Å². The lowest BCUT2D eigenvalue weighted by atomic mass is 9.96. The van der Waals surface area contributed by atoms with Crippen molar-refractivity contribution < 1.29 is 4.52 Å². The van der Waals surface area contributed by atoms with Crippen molar-refractivity contribution in [1.82, 2.24) is 20.8 Å². The summed E-state index contributed by atoms with van der Waals surface area (Å²) >= 11 is 0. The van der Waals surface area contributed by atoms with Crippen molar-refractivity contribution in [2.45, 2.75) is 57.9 Å². The highest BCUT2D eigenvalue weighted by molar-refractivity contribution is 14.0. The van der Waals surface area contributed by atoms with Gasteiger partial charge >= 0.3 is 0 Å². The van der Waals surface area contributed by atoms with Crippen LogP contribution in [-0.2, 0) is 6.42 Å². The molecule has 1 aromatic heterocycles. The molecule has 0 spiro atoms. The molecule has 7 heteroatoms. The first kappa shape index (κ1) is 18.2. The fraction of sp³-hybridized carbons (Fsp3) is 0.786. The molecule has 0 radical (unpaired) electrons. The van der Waals surface area contributed by atoms with Gasteiger partial charge in [-0.25, -0.2) is 0 Å². The number of nitrogens with zero attached hydrogens (tertiary/aromatic N) is 3. The number of aliphatic imine (C=N–C) groups is 1. The van der Waals surface area contributed by atoms with Crippen LogP contribution in [0.4, 0.5) is 0 Å². The van der Waals surface area contributed by atoms with E-state index in [0.29, 0.717) is 17.8 Å². The summed E-state index contributed by atoms with van der Waals surface area (Å²) in [4.78, 5) is 8.46. The van der Waals surface area contributed by atoms with Gasteiger partial charge in [-0.3, -0.25) is 4.99 Å². The van der Waals surface area contributed by atoms with Crippen molar-refractivity contribution in [2.24, 2.45) is 4.99 Å². The van der Waals surface area contributed by atoms with E-state index in [1.54, 1.807) is 0 Å². The zero-order valence-corrected chi connectivity index (χ0v) is 15.2. The predicted molar refractivity (Wildman–Crippen MR) is 94.1 cm³/mol. The SMILES string of the molecule is CN=C(NCCCc1nc(C)no1)NC1CCCCC1.I. The molecule has 1 saturated carbocycles. The molecule has 1 aliphatic carbocycles. The van der Waals surface area contributed by atoms with E-state index >= 15 is 0 Å². The van der Waals surface area contributed by atoms with Crippen molar-refractivity contribution in [1.29, 1.82) is 0 Å². The van der Waals surface area contributed by atoms with E-state index in [1.807, 2.05) is 14.0 Å². The van der Waals surface area contributed by atoms with Gasteiger partial charge in [-0.2, -0.15) is 4.98 Å². The third kappa shape index (κ3) is 6.62. The van der Waals surface area contributed by atoms with Crippen molar-refractivity contribution in [3.8, 4) is 0 Å². The van der Waals surface area contributed by atoms with E-state index in [1.165, 1.54) is 32.1 Å². The van der Waals surface area contributed by atoms with E-state index in [4.69, 9.17) is 4.52 Å². The highest BCUT2D eigenvalue weighted by Crippen LogP contribution is 2.17. The van der Waals surface area contributed by atoms with Crippen LogP contribution in [0.25, 0.3) is 0 Å². The van der Waals surface area contributed by atoms with Gasteiger partial charge in [-0.1, -0.05) is 24.4 Å². The minimum Gasteiger partial charge on any atom is -0.356 e. The smallest absolute Gasteiger partial charge is 0.226 e. The number of rotatable bonds is 5. The Kier molecular flexibility index (Phi) is 8.63. The number of guanidine groups is 1. The summed E-state index contributed by atoms with van der Waals surface area (Å²) in [6.45, 7) is 2.69. The van der Waals surface area contributed by atoms with E-state index in [-0.39, 0.29) is 24.0 Å². The first-order valence-corrected chi connectivity index (χ1v) is 7.54. The van der Waals surface area contributed by atoms with Crippen LogP contribution < -0.4 is 10.6 Å². The van der Waals surface area contributed by atoms with Crippen molar-refractivity contribution >= 4 is 29.9 Å². The molecule has 0 bridgehead atoms. The van der Waals surface area contributed by atoms with E-state index in [0.717, 1.165) is 25.3 Å². The third-order valence-corrected chi connectivity index (χ3v) is 3.60. The molecule has 1 aromatic rings. The molecule has 0 saturated heterocycles. The van der Waals surface area contributed by atoms with Gasteiger partial charge < -0.3 is 15.2 Å². The lowest BCUT2D eigenvalue weighted by Crippen LogP contribution is -2.44. The first-order valence-electron chi connectivity index (χ1n) is 7.54. The summed E-state index contributed by atoms with van der Waals surface area (Å²) in [5, 5.41) is 10.6. The Balaban J connectivity index is 0.00000220. The highest BCUT2D eigenvalue weighted by atomic mass is 127. The number of halogens is 1. The average Bonchev–Trinajstić information content (AvgIpc) is 2.89. The van der Waals surface area contributed by atoms with Crippen molar-refractivity contribution in [2.75, 3.05) is 13.6 Å². The summed E-state index contributed by atoms with van der Waals surface area (Å²) in [5.74, 6) is 2.31. The minimum absolute atomic E-state index is 0. The maximum absolute atomic E-state index is 5.08. The maximum Gasteiger partial charge on any atom is 0.226 e. The summed E-state index contributed by atoms with van der Waals surface area (Å²) in [5.41, 5.74) is 0. The minimum atomic E-state index is 0. The second-order valence-electron chi connectivity index (χ2n) is 5.32. The number of hydrogen-bond donors (Lipinski definition) is 2. The van der Waals surface area contributed by atoms with Crippen LogP contribution in [-0.4, -0.2) is 35.7 Å². The molecule has 0 amide bonds. The molecule has 0 aromatic carbocycles. The lowest BCUT2D eigenvalue weighted by Gasteiger charge is -2.24. The fourth-order valence-electron chi connectivity index (χ4n) is 2.52. The summed E-state index contributed by atoms with van der Waals surface area (Å²) in [6.07, 6.45) is 8.27. The van der Waals surface area contributed by atoms with Crippen molar-refractivity contribution in [3.63, 3.8) is 0 Å². The lowest BCUT2D eigenvalue weighted by molar-refractivity contribution is 0.371. The van der Waals surface area contributed by atoms with Gasteiger partial charge in [0.15, 0.2) is 11.8 Å². The van der Waals surface area contributed by atoms with Crippen molar-refractivity contribution in [3.05, 3.63) is 11.7 Å². The van der Waals surface area contributed by atoms with Crippen LogP contribution in [0.3, 0.4) is 0 Å². The molecule has 0 aliphatic heterocycles.